The van der Waals surface area contributed by atoms with Crippen LogP contribution in [0, 0.1) is 6.92 Å². The third kappa shape index (κ3) is 1.75. The van der Waals surface area contributed by atoms with Gasteiger partial charge in [0.25, 0.3) is 0 Å². The zero-order valence-electron chi connectivity index (χ0n) is 9.14. The monoisotopic (exact) mass is 307 g/mol. The van der Waals surface area contributed by atoms with E-state index in [9.17, 15) is 0 Å². The lowest BCUT2D eigenvalue weighted by atomic mass is 10.3. The van der Waals surface area contributed by atoms with Crippen LogP contribution in [0.1, 0.15) is 4.88 Å². The molecule has 0 atom stereocenters. The number of fused-ring (bicyclic) bond motifs is 1. The van der Waals surface area contributed by atoms with E-state index in [1.807, 2.05) is 22.7 Å². The molecule has 0 radical (unpaired) electrons. The predicted octanol–water partition coefficient (Wildman–Crippen LogP) is 3.72. The van der Waals surface area contributed by atoms with E-state index in [4.69, 9.17) is 5.73 Å². The minimum absolute atomic E-state index is 0.683. The Bertz CT molecular complexity index is 699. The first-order chi connectivity index (χ1) is 8.15. The van der Waals surface area contributed by atoms with Crippen molar-refractivity contribution in [1.82, 2.24) is 9.38 Å². The largest absolute Gasteiger partial charge is 0.383 e. The molecule has 17 heavy (non-hydrogen) atoms. The van der Waals surface area contributed by atoms with E-state index in [1.54, 1.807) is 11.3 Å². The highest BCUT2D eigenvalue weighted by atomic mass is 79.9. The van der Waals surface area contributed by atoms with Gasteiger partial charge < -0.3 is 5.73 Å². The molecular weight excluding hydrogens is 298 g/mol. The molecule has 0 unspecified atom stereocenters. The first-order valence-electron chi connectivity index (χ1n) is 5.15. The molecule has 0 aliphatic carbocycles. The van der Waals surface area contributed by atoms with E-state index in [2.05, 4.69) is 40.0 Å². The van der Waals surface area contributed by atoms with Crippen molar-refractivity contribution in [2.45, 2.75) is 6.92 Å². The molecule has 0 spiro atoms. The van der Waals surface area contributed by atoms with Gasteiger partial charge in [-0.15, -0.1) is 11.3 Å². The topological polar surface area (TPSA) is 43.3 Å². The number of pyridine rings is 1. The minimum Gasteiger partial charge on any atom is -0.383 e. The summed E-state index contributed by atoms with van der Waals surface area (Å²) >= 11 is 5.14. The Kier molecular flexibility index (Phi) is 2.45. The number of aromatic nitrogens is 2. The van der Waals surface area contributed by atoms with Gasteiger partial charge in [-0.25, -0.2) is 4.98 Å². The number of hydrogen-bond donors (Lipinski definition) is 1. The summed E-state index contributed by atoms with van der Waals surface area (Å²) in [6.07, 6.45) is 1.93. The van der Waals surface area contributed by atoms with Gasteiger partial charge in [0, 0.05) is 15.5 Å². The maximum atomic E-state index is 6.14. The summed E-state index contributed by atoms with van der Waals surface area (Å²) in [5, 5.41) is 0. The number of halogens is 1. The number of anilines is 1. The van der Waals surface area contributed by atoms with Gasteiger partial charge in [0.2, 0.25) is 0 Å². The predicted molar refractivity (Wildman–Crippen MR) is 75.4 cm³/mol. The normalized spacial score (nSPS) is 11.2. The fourth-order valence-electron chi connectivity index (χ4n) is 1.78. The maximum absolute atomic E-state index is 6.14. The molecule has 2 N–H and O–H groups in total. The first kappa shape index (κ1) is 10.8. The first-order valence-corrected chi connectivity index (χ1v) is 6.76. The van der Waals surface area contributed by atoms with Crippen molar-refractivity contribution in [3.63, 3.8) is 0 Å². The second-order valence-corrected chi connectivity index (χ2v) is 6.04. The van der Waals surface area contributed by atoms with Crippen LogP contribution in [-0.4, -0.2) is 9.38 Å². The summed E-state index contributed by atoms with van der Waals surface area (Å²) in [4.78, 5) is 6.94. The number of nitrogen functional groups attached to an aromatic ring is 1. The van der Waals surface area contributed by atoms with Crippen LogP contribution >= 0.6 is 27.3 Å². The smallest absolute Gasteiger partial charge is 0.139 e. The molecule has 0 saturated carbocycles. The third-order valence-electron chi connectivity index (χ3n) is 2.59. The van der Waals surface area contributed by atoms with Crippen LogP contribution < -0.4 is 5.73 Å². The molecule has 3 heterocycles. The highest BCUT2D eigenvalue weighted by Gasteiger charge is 2.12. The Labute approximate surface area is 111 Å². The Morgan fingerprint density at radius 1 is 1.29 bits per heavy atom. The average Bonchev–Trinajstić information content (AvgIpc) is 2.84. The van der Waals surface area contributed by atoms with Crippen LogP contribution in [0.2, 0.25) is 0 Å². The zero-order chi connectivity index (χ0) is 12.0. The van der Waals surface area contributed by atoms with Gasteiger partial charge in [-0.05, 0) is 47.1 Å². The molecule has 0 bridgehead atoms. The third-order valence-corrected chi connectivity index (χ3v) is 4.07. The minimum atomic E-state index is 0.683. The van der Waals surface area contributed by atoms with Crippen LogP contribution in [0.15, 0.2) is 34.9 Å². The maximum Gasteiger partial charge on any atom is 0.139 e. The molecule has 0 amide bonds. The van der Waals surface area contributed by atoms with Crippen molar-refractivity contribution < 1.29 is 0 Å². The molecule has 0 fully saturated rings. The standard InChI is InChI=1S/C12H10BrN3S/c1-7-2-4-9(17-7)11-12(14)16-6-8(13)3-5-10(16)15-11/h2-6H,14H2,1H3. The summed E-state index contributed by atoms with van der Waals surface area (Å²) < 4.78 is 2.89. The zero-order valence-corrected chi connectivity index (χ0v) is 11.5. The number of imidazole rings is 1. The van der Waals surface area contributed by atoms with Gasteiger partial charge >= 0.3 is 0 Å². The van der Waals surface area contributed by atoms with E-state index in [0.717, 1.165) is 20.7 Å². The van der Waals surface area contributed by atoms with Crippen molar-refractivity contribution in [3.05, 3.63) is 39.8 Å². The van der Waals surface area contributed by atoms with Crippen molar-refractivity contribution in [2.24, 2.45) is 0 Å². The molecule has 86 valence electrons. The fourth-order valence-corrected chi connectivity index (χ4v) is 2.98. The summed E-state index contributed by atoms with van der Waals surface area (Å²) in [6, 6.07) is 8.06. The SMILES string of the molecule is Cc1ccc(-c2nc3ccc(Br)cn3c2N)s1. The second kappa shape index (κ2) is 3.85. The van der Waals surface area contributed by atoms with Crippen molar-refractivity contribution >= 4 is 38.7 Å². The number of hydrogen-bond acceptors (Lipinski definition) is 3. The van der Waals surface area contributed by atoms with Crippen molar-refractivity contribution in [3.8, 4) is 10.6 Å². The molecule has 0 saturated heterocycles. The molecule has 0 aromatic carbocycles. The van der Waals surface area contributed by atoms with Gasteiger partial charge in [-0.1, -0.05) is 0 Å². The Morgan fingerprint density at radius 3 is 2.82 bits per heavy atom. The van der Waals surface area contributed by atoms with Crippen molar-refractivity contribution in [2.75, 3.05) is 5.73 Å². The summed E-state index contributed by atoms with van der Waals surface area (Å²) in [5.41, 5.74) is 7.87. The Balaban J connectivity index is 2.27. The molecule has 3 aromatic heterocycles. The molecule has 0 aliphatic heterocycles. The van der Waals surface area contributed by atoms with Gasteiger partial charge in [-0.2, -0.15) is 0 Å². The van der Waals surface area contributed by atoms with E-state index in [1.165, 1.54) is 4.88 Å². The highest BCUT2D eigenvalue weighted by Crippen LogP contribution is 2.32. The lowest BCUT2D eigenvalue weighted by Gasteiger charge is -1.97. The number of nitrogens with two attached hydrogens (primary N) is 1. The van der Waals surface area contributed by atoms with E-state index in [-0.39, 0.29) is 0 Å². The number of nitrogens with zero attached hydrogens (tertiary/aromatic N) is 2. The van der Waals surface area contributed by atoms with Gasteiger partial charge in [0.1, 0.15) is 17.2 Å². The fraction of sp³-hybridized carbons (Fsp3) is 0.0833. The summed E-state index contributed by atoms with van der Waals surface area (Å²) in [6.45, 7) is 2.08. The molecule has 3 rings (SSSR count). The van der Waals surface area contributed by atoms with Crippen molar-refractivity contribution in [1.29, 1.82) is 0 Å². The van der Waals surface area contributed by atoms with E-state index < -0.39 is 0 Å². The Hall–Kier alpha value is -1.33. The second-order valence-electron chi connectivity index (χ2n) is 3.83. The molecule has 5 heteroatoms. The molecular formula is C12H10BrN3S. The lowest BCUT2D eigenvalue weighted by molar-refractivity contribution is 1.18. The molecule has 3 aromatic rings. The van der Waals surface area contributed by atoms with Crippen LogP contribution in [0.25, 0.3) is 16.2 Å². The quantitative estimate of drug-likeness (QED) is 0.744. The molecule has 3 nitrogen and oxygen atoms in total. The average molecular weight is 308 g/mol. The summed E-state index contributed by atoms with van der Waals surface area (Å²) in [7, 11) is 0. The van der Waals surface area contributed by atoms with E-state index >= 15 is 0 Å². The highest BCUT2D eigenvalue weighted by molar-refractivity contribution is 9.10. The number of aryl methyl sites for hydroxylation is 1. The van der Waals surface area contributed by atoms with Gasteiger partial charge in [0.05, 0.1) is 4.88 Å². The van der Waals surface area contributed by atoms with Crippen LogP contribution in [0.4, 0.5) is 5.82 Å². The van der Waals surface area contributed by atoms with Gasteiger partial charge in [-0.3, -0.25) is 4.40 Å². The van der Waals surface area contributed by atoms with E-state index in [0.29, 0.717) is 5.82 Å². The van der Waals surface area contributed by atoms with Crippen LogP contribution in [-0.2, 0) is 0 Å². The lowest BCUT2D eigenvalue weighted by Crippen LogP contribution is -1.93. The Morgan fingerprint density at radius 2 is 2.12 bits per heavy atom. The van der Waals surface area contributed by atoms with Crippen LogP contribution in [0.3, 0.4) is 0 Å². The number of thiophene rings is 1. The summed E-state index contributed by atoms with van der Waals surface area (Å²) in [5.74, 6) is 0.683. The molecule has 0 aliphatic rings. The van der Waals surface area contributed by atoms with Crippen LogP contribution in [0.5, 0.6) is 0 Å². The number of rotatable bonds is 1. The van der Waals surface area contributed by atoms with Gasteiger partial charge in [0.15, 0.2) is 0 Å².